The van der Waals surface area contributed by atoms with Crippen LogP contribution in [0.1, 0.15) is 32.8 Å². The predicted molar refractivity (Wildman–Crippen MR) is 78.0 cm³/mol. The maximum absolute atomic E-state index is 13.6. The third-order valence-corrected chi connectivity index (χ3v) is 4.13. The van der Waals surface area contributed by atoms with Crippen LogP contribution in [0, 0.1) is 12.7 Å². The van der Waals surface area contributed by atoms with Gasteiger partial charge in [-0.05, 0) is 45.4 Å². The summed E-state index contributed by atoms with van der Waals surface area (Å²) in [5.74, 6) is 0.107. The fourth-order valence-corrected chi connectivity index (χ4v) is 2.45. The summed E-state index contributed by atoms with van der Waals surface area (Å²) < 4.78 is 20.2. The van der Waals surface area contributed by atoms with Gasteiger partial charge in [0.1, 0.15) is 0 Å². The van der Waals surface area contributed by atoms with Crippen LogP contribution in [0.4, 0.5) is 4.39 Å². The van der Waals surface area contributed by atoms with Gasteiger partial charge in [0.15, 0.2) is 11.6 Å². The number of benzene rings is 1. The van der Waals surface area contributed by atoms with E-state index in [1.165, 1.54) is 6.07 Å². The second kappa shape index (κ2) is 7.49. The molecule has 0 aliphatic rings. The van der Waals surface area contributed by atoms with E-state index in [1.54, 1.807) is 6.07 Å². The molecule has 0 unspecified atom stereocenters. The minimum atomic E-state index is -0.262. The number of aryl methyl sites for hydroxylation is 1. The first-order chi connectivity index (χ1) is 9.06. The second-order valence-electron chi connectivity index (χ2n) is 5.15. The molecule has 0 bridgehead atoms. The Hall–Kier alpha value is -1.09. The molecular weight excluding hydrogens is 241 g/mol. The van der Waals surface area contributed by atoms with E-state index < -0.39 is 0 Å². The number of hydrogen-bond acceptors (Lipinski definition) is 1. The average molecular weight is 268 g/mol. The minimum absolute atomic E-state index is 0.262. The maximum Gasteiger partial charge on any atom is 0.165 e. The Morgan fingerprint density at radius 3 is 2.26 bits per heavy atom. The number of halogens is 1. The molecule has 0 fully saturated rings. The van der Waals surface area contributed by atoms with Crippen molar-refractivity contribution in [3.8, 4) is 5.75 Å². The number of hydrogen-bond donors (Lipinski definition) is 0. The van der Waals surface area contributed by atoms with Gasteiger partial charge < -0.3 is 9.22 Å². The molecule has 0 aromatic heterocycles. The standard InChI is InChI=1S/C16H27FNO/c1-5-18(6-2,7-3)11-8-12-19-16-10-9-14(4)13-15(16)17/h9-10,13H,5-8,11-12H2,1-4H3/q+1. The van der Waals surface area contributed by atoms with Gasteiger partial charge in [-0.1, -0.05) is 6.07 Å². The molecule has 0 atom stereocenters. The first-order valence-electron chi connectivity index (χ1n) is 7.31. The van der Waals surface area contributed by atoms with Crippen LogP contribution < -0.4 is 4.74 Å². The largest absolute Gasteiger partial charge is 0.490 e. The summed E-state index contributed by atoms with van der Waals surface area (Å²) >= 11 is 0. The first-order valence-corrected chi connectivity index (χ1v) is 7.31. The lowest BCUT2D eigenvalue weighted by atomic mass is 10.2. The molecule has 2 nitrogen and oxygen atoms in total. The predicted octanol–water partition coefficient (Wildman–Crippen LogP) is 3.78. The maximum atomic E-state index is 13.6. The lowest BCUT2D eigenvalue weighted by Gasteiger charge is -2.35. The quantitative estimate of drug-likeness (QED) is 0.515. The molecule has 0 saturated carbocycles. The fraction of sp³-hybridized carbons (Fsp3) is 0.625. The van der Waals surface area contributed by atoms with Crippen LogP contribution in [0.2, 0.25) is 0 Å². The molecule has 0 saturated heterocycles. The second-order valence-corrected chi connectivity index (χ2v) is 5.15. The Morgan fingerprint density at radius 2 is 1.74 bits per heavy atom. The minimum Gasteiger partial charge on any atom is -0.490 e. The van der Waals surface area contributed by atoms with E-state index >= 15 is 0 Å². The Labute approximate surface area is 116 Å². The van der Waals surface area contributed by atoms with Gasteiger partial charge in [0.05, 0.1) is 32.8 Å². The molecule has 108 valence electrons. The smallest absolute Gasteiger partial charge is 0.165 e. The number of quaternary nitrogens is 1. The van der Waals surface area contributed by atoms with Crippen molar-refractivity contribution in [3.63, 3.8) is 0 Å². The van der Waals surface area contributed by atoms with Crippen molar-refractivity contribution in [1.82, 2.24) is 0 Å². The van der Waals surface area contributed by atoms with Crippen molar-refractivity contribution >= 4 is 0 Å². The summed E-state index contributed by atoms with van der Waals surface area (Å²) in [6.07, 6.45) is 0.961. The van der Waals surface area contributed by atoms with Gasteiger partial charge in [-0.2, -0.15) is 0 Å². The van der Waals surface area contributed by atoms with Crippen LogP contribution in [0.15, 0.2) is 18.2 Å². The van der Waals surface area contributed by atoms with E-state index in [0.29, 0.717) is 12.4 Å². The van der Waals surface area contributed by atoms with Crippen LogP contribution in [-0.4, -0.2) is 37.3 Å². The lowest BCUT2D eigenvalue weighted by Crippen LogP contribution is -2.48. The van der Waals surface area contributed by atoms with Crippen molar-refractivity contribution in [1.29, 1.82) is 0 Å². The van der Waals surface area contributed by atoms with E-state index in [2.05, 4.69) is 20.8 Å². The third kappa shape index (κ3) is 4.50. The molecule has 0 aliphatic carbocycles. The highest BCUT2D eigenvalue weighted by Crippen LogP contribution is 2.18. The molecule has 19 heavy (non-hydrogen) atoms. The monoisotopic (exact) mass is 268 g/mol. The van der Waals surface area contributed by atoms with E-state index in [-0.39, 0.29) is 5.82 Å². The van der Waals surface area contributed by atoms with Crippen molar-refractivity contribution < 1.29 is 13.6 Å². The Bertz CT molecular complexity index is 380. The van der Waals surface area contributed by atoms with Crippen molar-refractivity contribution in [2.24, 2.45) is 0 Å². The molecular formula is C16H27FNO+. The highest BCUT2D eigenvalue weighted by Gasteiger charge is 2.19. The summed E-state index contributed by atoms with van der Waals surface area (Å²) in [7, 11) is 0. The summed E-state index contributed by atoms with van der Waals surface area (Å²) in [6, 6.07) is 5.11. The Morgan fingerprint density at radius 1 is 1.11 bits per heavy atom. The third-order valence-electron chi connectivity index (χ3n) is 4.13. The van der Waals surface area contributed by atoms with Gasteiger partial charge in [-0.15, -0.1) is 0 Å². The molecule has 0 N–H and O–H groups in total. The highest BCUT2D eigenvalue weighted by molar-refractivity contribution is 5.28. The number of rotatable bonds is 8. The molecule has 3 heteroatoms. The summed E-state index contributed by atoms with van der Waals surface area (Å²) in [5.41, 5.74) is 0.920. The molecule has 0 amide bonds. The van der Waals surface area contributed by atoms with Gasteiger partial charge in [-0.3, -0.25) is 0 Å². The SMILES string of the molecule is CC[N+](CC)(CC)CCCOc1ccc(C)cc1F. The molecule has 0 spiro atoms. The van der Waals surface area contributed by atoms with E-state index in [9.17, 15) is 4.39 Å². The van der Waals surface area contributed by atoms with E-state index in [0.717, 1.165) is 42.6 Å². The summed E-state index contributed by atoms with van der Waals surface area (Å²) in [4.78, 5) is 0. The lowest BCUT2D eigenvalue weighted by molar-refractivity contribution is -0.923. The van der Waals surface area contributed by atoms with E-state index in [4.69, 9.17) is 4.74 Å². The summed E-state index contributed by atoms with van der Waals surface area (Å²) in [6.45, 7) is 13.7. The Balaban J connectivity index is 2.42. The fourth-order valence-electron chi connectivity index (χ4n) is 2.45. The zero-order valence-corrected chi connectivity index (χ0v) is 12.7. The van der Waals surface area contributed by atoms with Crippen molar-refractivity contribution in [2.75, 3.05) is 32.8 Å². The topological polar surface area (TPSA) is 9.23 Å². The molecule has 1 rings (SSSR count). The van der Waals surface area contributed by atoms with Gasteiger partial charge in [-0.25, -0.2) is 4.39 Å². The molecule has 0 aliphatic heterocycles. The zero-order chi connectivity index (χ0) is 14.3. The normalized spacial score (nSPS) is 11.6. The van der Waals surface area contributed by atoms with Crippen LogP contribution in [0.5, 0.6) is 5.75 Å². The summed E-state index contributed by atoms with van der Waals surface area (Å²) in [5, 5.41) is 0. The number of nitrogens with zero attached hydrogens (tertiary/aromatic N) is 1. The zero-order valence-electron chi connectivity index (χ0n) is 12.7. The molecule has 0 radical (unpaired) electrons. The van der Waals surface area contributed by atoms with Gasteiger partial charge in [0.25, 0.3) is 0 Å². The molecule has 1 aromatic rings. The van der Waals surface area contributed by atoms with Crippen molar-refractivity contribution in [3.05, 3.63) is 29.6 Å². The molecule has 0 heterocycles. The van der Waals surface area contributed by atoms with Crippen LogP contribution in [0.25, 0.3) is 0 Å². The average Bonchev–Trinajstić information content (AvgIpc) is 2.42. The van der Waals surface area contributed by atoms with Crippen LogP contribution in [0.3, 0.4) is 0 Å². The van der Waals surface area contributed by atoms with Crippen molar-refractivity contribution in [2.45, 2.75) is 34.1 Å². The number of ether oxygens (including phenoxy) is 1. The highest BCUT2D eigenvalue weighted by atomic mass is 19.1. The van der Waals surface area contributed by atoms with Gasteiger partial charge in [0.2, 0.25) is 0 Å². The van der Waals surface area contributed by atoms with Gasteiger partial charge in [0, 0.05) is 6.42 Å². The molecule has 1 aromatic carbocycles. The first kappa shape index (κ1) is 16.0. The Kier molecular flexibility index (Phi) is 6.29. The van der Waals surface area contributed by atoms with E-state index in [1.807, 2.05) is 13.0 Å². The van der Waals surface area contributed by atoms with Gasteiger partial charge >= 0.3 is 0 Å². The van der Waals surface area contributed by atoms with Crippen LogP contribution >= 0.6 is 0 Å². The van der Waals surface area contributed by atoms with Crippen LogP contribution in [-0.2, 0) is 0 Å².